The number of aromatic nitrogens is 5. The summed E-state index contributed by atoms with van der Waals surface area (Å²) in [5.41, 5.74) is 0.194. The number of halogens is 2. The number of rotatable bonds is 2. The van der Waals surface area contributed by atoms with Crippen LogP contribution in [0.4, 0.5) is 5.95 Å². The summed E-state index contributed by atoms with van der Waals surface area (Å²) in [5.74, 6) is -0.395. The second-order valence-electron chi connectivity index (χ2n) is 3.04. The predicted molar refractivity (Wildman–Crippen MR) is 61.0 cm³/mol. The number of amides is 1. The highest BCUT2D eigenvalue weighted by atomic mass is 35.5. The first-order chi connectivity index (χ1) is 8.06. The fourth-order valence-corrected chi connectivity index (χ4v) is 1.44. The molecule has 1 amide bonds. The molecule has 0 atom stereocenters. The summed E-state index contributed by atoms with van der Waals surface area (Å²) in [6, 6.07) is 1.36. The molecule has 0 aliphatic carbocycles. The molecule has 0 saturated heterocycles. The van der Waals surface area contributed by atoms with E-state index in [-0.39, 0.29) is 21.7 Å². The van der Waals surface area contributed by atoms with Crippen molar-refractivity contribution in [2.45, 2.75) is 0 Å². The summed E-state index contributed by atoms with van der Waals surface area (Å²) in [7, 11) is 1.58. The van der Waals surface area contributed by atoms with Crippen molar-refractivity contribution in [3.63, 3.8) is 0 Å². The Balaban J connectivity index is 2.22. The van der Waals surface area contributed by atoms with Gasteiger partial charge in [0.25, 0.3) is 11.9 Å². The number of hydrogen-bond donors (Lipinski definition) is 1. The molecule has 0 unspecified atom stereocenters. The standard InChI is InChI=1S/C8H6Cl2N6O/c1-16-14-8(13-15-16)12-7(17)4-2-6(10)11-3-5(4)9/h2-3H,1H3,(H,12,14,17). The van der Waals surface area contributed by atoms with Gasteiger partial charge in [0.1, 0.15) is 5.15 Å². The molecule has 17 heavy (non-hydrogen) atoms. The Morgan fingerprint density at radius 1 is 1.47 bits per heavy atom. The number of carbonyl (C=O) groups excluding carboxylic acids is 1. The molecule has 0 bridgehead atoms. The molecule has 0 aromatic carbocycles. The molecule has 0 radical (unpaired) electrons. The molecule has 0 spiro atoms. The smallest absolute Gasteiger partial charge is 0.270 e. The maximum absolute atomic E-state index is 11.8. The van der Waals surface area contributed by atoms with Gasteiger partial charge >= 0.3 is 0 Å². The third-order valence-corrected chi connectivity index (χ3v) is 2.31. The molecular weight excluding hydrogens is 267 g/mol. The Morgan fingerprint density at radius 3 is 2.88 bits per heavy atom. The maximum atomic E-state index is 11.8. The molecule has 0 fully saturated rings. The first-order valence-corrected chi connectivity index (χ1v) is 5.18. The van der Waals surface area contributed by atoms with Gasteiger partial charge in [0.2, 0.25) is 0 Å². The number of nitrogens with one attached hydrogen (secondary N) is 1. The topological polar surface area (TPSA) is 85.6 Å². The number of anilines is 1. The van der Waals surface area contributed by atoms with Gasteiger partial charge in [-0.3, -0.25) is 10.1 Å². The van der Waals surface area contributed by atoms with E-state index >= 15 is 0 Å². The van der Waals surface area contributed by atoms with E-state index in [4.69, 9.17) is 23.2 Å². The second kappa shape index (κ2) is 4.64. The Bertz CT molecular complexity index is 569. The highest BCUT2D eigenvalue weighted by Crippen LogP contribution is 2.18. The van der Waals surface area contributed by atoms with Crippen LogP contribution < -0.4 is 5.32 Å². The zero-order valence-corrected chi connectivity index (χ0v) is 10.1. The Hall–Kier alpha value is -1.73. The lowest BCUT2D eigenvalue weighted by Gasteiger charge is -2.02. The van der Waals surface area contributed by atoms with Crippen LogP contribution in [0, 0.1) is 0 Å². The van der Waals surface area contributed by atoms with Crippen molar-refractivity contribution in [2.75, 3.05) is 5.32 Å². The number of nitrogens with zero attached hydrogens (tertiary/aromatic N) is 5. The molecule has 9 heteroatoms. The average molecular weight is 273 g/mol. The third kappa shape index (κ3) is 2.69. The molecule has 0 saturated carbocycles. The SMILES string of the molecule is Cn1nnc(NC(=O)c2cc(Cl)ncc2Cl)n1. The van der Waals surface area contributed by atoms with Crippen LogP contribution in [0.2, 0.25) is 10.2 Å². The van der Waals surface area contributed by atoms with E-state index in [9.17, 15) is 4.79 Å². The van der Waals surface area contributed by atoms with E-state index in [2.05, 4.69) is 25.7 Å². The van der Waals surface area contributed by atoms with Crippen molar-refractivity contribution >= 4 is 35.1 Å². The third-order valence-electron chi connectivity index (χ3n) is 1.80. The summed E-state index contributed by atoms with van der Waals surface area (Å²) < 4.78 is 0. The van der Waals surface area contributed by atoms with Gasteiger partial charge in [0, 0.05) is 6.20 Å². The number of carbonyl (C=O) groups is 1. The van der Waals surface area contributed by atoms with Crippen molar-refractivity contribution in [3.8, 4) is 0 Å². The normalized spacial score (nSPS) is 10.3. The van der Waals surface area contributed by atoms with Crippen molar-refractivity contribution in [2.24, 2.45) is 7.05 Å². The quantitative estimate of drug-likeness (QED) is 0.830. The minimum Gasteiger partial charge on any atom is -0.288 e. The van der Waals surface area contributed by atoms with Gasteiger partial charge < -0.3 is 0 Å². The molecule has 2 heterocycles. The maximum Gasteiger partial charge on any atom is 0.270 e. The first-order valence-electron chi connectivity index (χ1n) is 4.42. The fourth-order valence-electron chi connectivity index (χ4n) is 1.09. The minimum absolute atomic E-state index is 0.0847. The molecule has 88 valence electrons. The van der Waals surface area contributed by atoms with Gasteiger partial charge in [-0.15, -0.1) is 5.10 Å². The van der Waals surface area contributed by atoms with Crippen LogP contribution >= 0.6 is 23.2 Å². The van der Waals surface area contributed by atoms with E-state index in [0.717, 1.165) is 0 Å². The summed E-state index contributed by atoms with van der Waals surface area (Å²) in [5, 5.41) is 13.8. The van der Waals surface area contributed by atoms with Crippen molar-refractivity contribution in [3.05, 3.63) is 28.0 Å². The molecule has 2 aromatic rings. The van der Waals surface area contributed by atoms with Crippen LogP contribution in [0.15, 0.2) is 12.3 Å². The van der Waals surface area contributed by atoms with Crippen LogP contribution in [0.3, 0.4) is 0 Å². The number of pyridine rings is 1. The molecule has 2 rings (SSSR count). The Labute approximate surface area is 106 Å². The summed E-state index contributed by atoms with van der Waals surface area (Å²) in [4.78, 5) is 16.8. The van der Waals surface area contributed by atoms with E-state index in [1.165, 1.54) is 17.1 Å². The van der Waals surface area contributed by atoms with Crippen LogP contribution in [0.25, 0.3) is 0 Å². The monoisotopic (exact) mass is 272 g/mol. The minimum atomic E-state index is -0.479. The van der Waals surface area contributed by atoms with Crippen molar-refractivity contribution < 1.29 is 4.79 Å². The lowest BCUT2D eigenvalue weighted by Crippen LogP contribution is -2.14. The summed E-state index contributed by atoms with van der Waals surface area (Å²) in [6.45, 7) is 0. The van der Waals surface area contributed by atoms with Gasteiger partial charge in [-0.1, -0.05) is 28.3 Å². The van der Waals surface area contributed by atoms with Gasteiger partial charge in [-0.2, -0.15) is 4.80 Å². The van der Waals surface area contributed by atoms with Gasteiger partial charge in [-0.05, 0) is 11.3 Å². The Morgan fingerprint density at radius 2 is 2.24 bits per heavy atom. The molecule has 1 N–H and O–H groups in total. The lowest BCUT2D eigenvalue weighted by atomic mass is 10.2. The molecule has 0 aliphatic heterocycles. The summed E-state index contributed by atoms with van der Waals surface area (Å²) in [6.07, 6.45) is 1.29. The first kappa shape index (κ1) is 11.7. The zero-order chi connectivity index (χ0) is 12.4. The van der Waals surface area contributed by atoms with Gasteiger partial charge in [0.15, 0.2) is 0 Å². The van der Waals surface area contributed by atoms with Gasteiger partial charge in [-0.25, -0.2) is 4.98 Å². The molecule has 2 aromatic heterocycles. The highest BCUT2D eigenvalue weighted by molar-refractivity contribution is 6.35. The highest BCUT2D eigenvalue weighted by Gasteiger charge is 2.13. The Kier molecular flexibility index (Phi) is 3.21. The van der Waals surface area contributed by atoms with Crippen LogP contribution in [-0.2, 0) is 7.05 Å². The number of hydrogen-bond acceptors (Lipinski definition) is 5. The second-order valence-corrected chi connectivity index (χ2v) is 3.84. The lowest BCUT2D eigenvalue weighted by molar-refractivity contribution is 0.102. The van der Waals surface area contributed by atoms with Crippen LogP contribution in [-0.4, -0.2) is 31.1 Å². The zero-order valence-electron chi connectivity index (χ0n) is 8.55. The van der Waals surface area contributed by atoms with E-state index < -0.39 is 5.91 Å². The number of aryl methyl sites for hydroxylation is 1. The average Bonchev–Trinajstić information content (AvgIpc) is 2.67. The predicted octanol–water partition coefficient (Wildman–Crippen LogP) is 1.16. The summed E-state index contributed by atoms with van der Waals surface area (Å²) >= 11 is 11.5. The molecule has 0 aliphatic rings. The molecule has 7 nitrogen and oxygen atoms in total. The molecular formula is C8H6Cl2N6O. The van der Waals surface area contributed by atoms with E-state index in [1.807, 2.05) is 0 Å². The van der Waals surface area contributed by atoms with E-state index in [1.54, 1.807) is 7.05 Å². The van der Waals surface area contributed by atoms with Crippen molar-refractivity contribution in [1.82, 2.24) is 25.2 Å². The van der Waals surface area contributed by atoms with Crippen molar-refractivity contribution in [1.29, 1.82) is 0 Å². The van der Waals surface area contributed by atoms with Crippen LogP contribution in [0.5, 0.6) is 0 Å². The number of tetrazole rings is 1. The van der Waals surface area contributed by atoms with Gasteiger partial charge in [0.05, 0.1) is 17.6 Å². The van der Waals surface area contributed by atoms with Crippen LogP contribution in [0.1, 0.15) is 10.4 Å². The van der Waals surface area contributed by atoms with E-state index in [0.29, 0.717) is 0 Å². The largest absolute Gasteiger partial charge is 0.288 e. The fraction of sp³-hybridized carbons (Fsp3) is 0.125.